The molecule has 80 valence electrons. The molecule has 0 aromatic carbocycles. The highest BCUT2D eigenvalue weighted by molar-refractivity contribution is 6.03. The van der Waals surface area contributed by atoms with E-state index in [0.29, 0.717) is 19.4 Å². The van der Waals surface area contributed by atoms with Crippen LogP contribution in [0.4, 0.5) is 0 Å². The Morgan fingerprint density at radius 3 is 2.43 bits per heavy atom. The van der Waals surface area contributed by atoms with Crippen LogP contribution >= 0.6 is 0 Å². The number of hydrogen-bond donors (Lipinski definition) is 2. The predicted octanol–water partition coefficient (Wildman–Crippen LogP) is 0.961. The maximum Gasteiger partial charge on any atom is 0.314 e. The van der Waals surface area contributed by atoms with Crippen LogP contribution in [0, 0.1) is 5.92 Å². The molecule has 4 heteroatoms. The van der Waals surface area contributed by atoms with Crippen molar-refractivity contribution < 1.29 is 14.7 Å². The number of unbranched alkanes of at least 4 members (excludes halogenated alkanes) is 2. The second kappa shape index (κ2) is 7.26. The minimum Gasteiger partial charge on any atom is -0.481 e. The lowest BCUT2D eigenvalue weighted by atomic mass is 9.97. The highest BCUT2D eigenvalue weighted by Crippen LogP contribution is 2.11. The Balaban J connectivity index is 3.92. The fourth-order valence-electron chi connectivity index (χ4n) is 1.20. The number of ketones is 1. The van der Waals surface area contributed by atoms with Crippen molar-refractivity contribution in [2.45, 2.75) is 25.7 Å². The highest BCUT2D eigenvalue weighted by Gasteiger charge is 2.22. The van der Waals surface area contributed by atoms with Gasteiger partial charge in [-0.2, -0.15) is 0 Å². The number of carbonyl (C=O) groups is 2. The molecule has 0 spiro atoms. The van der Waals surface area contributed by atoms with Gasteiger partial charge in [-0.25, -0.2) is 0 Å². The summed E-state index contributed by atoms with van der Waals surface area (Å²) in [6.07, 6.45) is 3.90. The van der Waals surface area contributed by atoms with Gasteiger partial charge < -0.3 is 10.8 Å². The average Bonchev–Trinajstić information content (AvgIpc) is 2.16. The summed E-state index contributed by atoms with van der Waals surface area (Å²) in [6, 6.07) is 0. The van der Waals surface area contributed by atoms with Gasteiger partial charge in [-0.1, -0.05) is 19.4 Å². The number of allylic oxidation sites excluding steroid dienone is 1. The van der Waals surface area contributed by atoms with Crippen LogP contribution in [0.1, 0.15) is 25.7 Å². The third kappa shape index (κ3) is 4.77. The van der Waals surface area contributed by atoms with Crippen molar-refractivity contribution in [2.24, 2.45) is 11.7 Å². The maximum absolute atomic E-state index is 11.1. The molecule has 0 fully saturated rings. The first-order chi connectivity index (χ1) is 6.63. The van der Waals surface area contributed by atoms with Crippen molar-refractivity contribution in [1.29, 1.82) is 0 Å². The normalized spacial score (nSPS) is 12.1. The summed E-state index contributed by atoms with van der Waals surface area (Å²) in [5, 5.41) is 8.74. The lowest BCUT2D eigenvalue weighted by molar-refractivity contribution is -0.145. The van der Waals surface area contributed by atoms with Crippen LogP contribution in [-0.2, 0) is 9.59 Å². The molecule has 0 aromatic heterocycles. The molecule has 1 unspecified atom stereocenters. The number of rotatable bonds is 8. The monoisotopic (exact) mass is 199 g/mol. The number of carboxylic acids is 1. The molecule has 0 aromatic rings. The number of nitrogens with two attached hydrogens (primary N) is 1. The smallest absolute Gasteiger partial charge is 0.314 e. The fourth-order valence-corrected chi connectivity index (χ4v) is 1.20. The van der Waals surface area contributed by atoms with Crippen LogP contribution in [-0.4, -0.2) is 23.4 Å². The Morgan fingerprint density at radius 1 is 1.36 bits per heavy atom. The molecule has 0 radical (unpaired) electrons. The van der Waals surface area contributed by atoms with E-state index in [9.17, 15) is 9.59 Å². The first-order valence-electron chi connectivity index (χ1n) is 4.72. The molecular weight excluding hydrogens is 182 g/mol. The quantitative estimate of drug-likeness (QED) is 0.346. The number of aliphatic carboxylic acids is 1. The number of carbonyl (C=O) groups excluding carboxylic acids is 1. The summed E-state index contributed by atoms with van der Waals surface area (Å²) in [5.41, 5.74) is 5.29. The van der Waals surface area contributed by atoms with Crippen molar-refractivity contribution in [3.05, 3.63) is 12.7 Å². The first-order valence-corrected chi connectivity index (χ1v) is 4.72. The molecule has 0 aliphatic rings. The highest BCUT2D eigenvalue weighted by atomic mass is 16.4. The van der Waals surface area contributed by atoms with Gasteiger partial charge in [-0.05, 0) is 25.5 Å². The van der Waals surface area contributed by atoms with E-state index in [-0.39, 0.29) is 0 Å². The van der Waals surface area contributed by atoms with Crippen LogP contribution in [0.5, 0.6) is 0 Å². The van der Waals surface area contributed by atoms with Gasteiger partial charge in [0.2, 0.25) is 0 Å². The van der Waals surface area contributed by atoms with E-state index < -0.39 is 17.7 Å². The zero-order valence-electron chi connectivity index (χ0n) is 8.24. The van der Waals surface area contributed by atoms with Crippen molar-refractivity contribution in [1.82, 2.24) is 0 Å². The van der Waals surface area contributed by atoms with Crippen LogP contribution < -0.4 is 5.73 Å². The molecule has 1 atom stereocenters. The molecule has 0 saturated heterocycles. The Kier molecular flexibility index (Phi) is 6.66. The summed E-state index contributed by atoms with van der Waals surface area (Å²) in [4.78, 5) is 21.8. The molecule has 0 amide bonds. The SMILES string of the molecule is C=CC(=O)C(CCCCCN)C(=O)O. The van der Waals surface area contributed by atoms with Gasteiger partial charge in [0, 0.05) is 0 Å². The van der Waals surface area contributed by atoms with E-state index in [1.54, 1.807) is 0 Å². The third-order valence-electron chi connectivity index (χ3n) is 2.04. The predicted molar refractivity (Wildman–Crippen MR) is 53.9 cm³/mol. The van der Waals surface area contributed by atoms with Gasteiger partial charge in [0.1, 0.15) is 5.92 Å². The Morgan fingerprint density at radius 2 is 2.00 bits per heavy atom. The van der Waals surface area contributed by atoms with E-state index in [1.807, 2.05) is 0 Å². The van der Waals surface area contributed by atoms with E-state index in [0.717, 1.165) is 18.9 Å². The molecular formula is C10H17NO3. The summed E-state index contributed by atoms with van der Waals surface area (Å²) in [6.45, 7) is 3.88. The lowest BCUT2D eigenvalue weighted by Gasteiger charge is -2.07. The molecule has 0 heterocycles. The van der Waals surface area contributed by atoms with Gasteiger partial charge in [-0.15, -0.1) is 0 Å². The van der Waals surface area contributed by atoms with Crippen LogP contribution in [0.2, 0.25) is 0 Å². The van der Waals surface area contributed by atoms with Crippen molar-refractivity contribution in [3.8, 4) is 0 Å². The van der Waals surface area contributed by atoms with Gasteiger partial charge in [0.15, 0.2) is 5.78 Å². The lowest BCUT2D eigenvalue weighted by Crippen LogP contribution is -2.22. The summed E-state index contributed by atoms with van der Waals surface area (Å²) < 4.78 is 0. The van der Waals surface area contributed by atoms with Crippen molar-refractivity contribution in [2.75, 3.05) is 6.54 Å². The van der Waals surface area contributed by atoms with E-state index in [2.05, 4.69) is 6.58 Å². The summed E-state index contributed by atoms with van der Waals surface area (Å²) in [7, 11) is 0. The second-order valence-corrected chi connectivity index (χ2v) is 3.14. The second-order valence-electron chi connectivity index (χ2n) is 3.14. The molecule has 0 aliphatic carbocycles. The van der Waals surface area contributed by atoms with Crippen molar-refractivity contribution in [3.63, 3.8) is 0 Å². The third-order valence-corrected chi connectivity index (χ3v) is 2.04. The van der Waals surface area contributed by atoms with E-state index >= 15 is 0 Å². The van der Waals surface area contributed by atoms with Crippen molar-refractivity contribution >= 4 is 11.8 Å². The zero-order valence-corrected chi connectivity index (χ0v) is 8.24. The van der Waals surface area contributed by atoms with Gasteiger partial charge in [-0.3, -0.25) is 9.59 Å². The molecule has 3 N–H and O–H groups in total. The van der Waals surface area contributed by atoms with Gasteiger partial charge >= 0.3 is 5.97 Å². The maximum atomic E-state index is 11.1. The molecule has 0 bridgehead atoms. The molecule has 14 heavy (non-hydrogen) atoms. The Bertz CT molecular complexity index is 213. The largest absolute Gasteiger partial charge is 0.481 e. The fraction of sp³-hybridized carbons (Fsp3) is 0.600. The van der Waals surface area contributed by atoms with E-state index in [1.165, 1.54) is 0 Å². The minimum atomic E-state index is -1.07. The first kappa shape index (κ1) is 12.8. The number of hydrogen-bond acceptors (Lipinski definition) is 3. The molecule has 0 aliphatic heterocycles. The molecule has 0 rings (SSSR count). The van der Waals surface area contributed by atoms with Crippen LogP contribution in [0.3, 0.4) is 0 Å². The Labute approximate surface area is 83.8 Å². The van der Waals surface area contributed by atoms with Gasteiger partial charge in [0.25, 0.3) is 0 Å². The van der Waals surface area contributed by atoms with Gasteiger partial charge in [0.05, 0.1) is 0 Å². The Hall–Kier alpha value is -1.16. The molecule has 0 saturated carbocycles. The van der Waals surface area contributed by atoms with E-state index in [4.69, 9.17) is 10.8 Å². The summed E-state index contributed by atoms with van der Waals surface area (Å²) >= 11 is 0. The zero-order chi connectivity index (χ0) is 11.0. The molecule has 4 nitrogen and oxygen atoms in total. The number of carboxylic acid groups (broad SMARTS) is 1. The summed E-state index contributed by atoms with van der Waals surface area (Å²) in [5.74, 6) is -2.40. The van der Waals surface area contributed by atoms with Crippen LogP contribution in [0.15, 0.2) is 12.7 Å². The topological polar surface area (TPSA) is 80.4 Å². The minimum absolute atomic E-state index is 0.375. The average molecular weight is 199 g/mol. The van der Waals surface area contributed by atoms with Crippen LogP contribution in [0.25, 0.3) is 0 Å². The standard InChI is InChI=1S/C10H17NO3/c1-2-9(12)8(10(13)14)6-4-3-5-7-11/h2,8H,1,3-7,11H2,(H,13,14).